The number of benzene rings is 2. The molecule has 0 bridgehead atoms. The Balaban J connectivity index is 1.48. The van der Waals surface area contributed by atoms with Crippen LogP contribution >= 0.6 is 46.6 Å². The molecule has 2 N–H and O–H groups in total. The van der Waals surface area contributed by atoms with Gasteiger partial charge in [0.1, 0.15) is 11.3 Å². The van der Waals surface area contributed by atoms with Crippen molar-refractivity contribution in [1.82, 2.24) is 15.2 Å². The summed E-state index contributed by atoms with van der Waals surface area (Å²) < 4.78 is 28.0. The van der Waals surface area contributed by atoms with Crippen molar-refractivity contribution in [2.24, 2.45) is 0 Å². The van der Waals surface area contributed by atoms with Crippen LogP contribution in [-0.4, -0.2) is 41.3 Å². The van der Waals surface area contributed by atoms with Gasteiger partial charge in [-0.15, -0.1) is 0 Å². The number of carbonyl (C=O) groups excluding carboxylic acids is 2. The maximum Gasteiger partial charge on any atom is 0.362 e. The predicted molar refractivity (Wildman–Crippen MR) is 147 cm³/mol. The zero-order valence-corrected chi connectivity index (χ0v) is 23.3. The number of aromatic nitrogens is 1. The van der Waals surface area contributed by atoms with Crippen molar-refractivity contribution in [3.8, 4) is 0 Å². The lowest BCUT2D eigenvalue weighted by Crippen LogP contribution is -2.34. The van der Waals surface area contributed by atoms with E-state index < -0.39 is 22.5 Å². The van der Waals surface area contributed by atoms with Gasteiger partial charge in [-0.2, -0.15) is 8.78 Å². The number of rotatable bonds is 5. The van der Waals surface area contributed by atoms with Crippen LogP contribution in [-0.2, 0) is 23.3 Å². The Morgan fingerprint density at radius 1 is 1.03 bits per heavy atom. The van der Waals surface area contributed by atoms with E-state index >= 15 is 0 Å². The SMILES string of the molecule is O=C(c1c(Sc2c(Cl)cccc2Cl)cc(C(F)(F)Cl)[nH]c1=O)N1Cc2ccc(N3CCCNCC3=O)cc2C1. The van der Waals surface area contributed by atoms with Crippen LogP contribution in [0, 0.1) is 0 Å². The Kier molecular flexibility index (Phi) is 7.94. The number of nitrogens with one attached hydrogen (secondary N) is 2. The number of nitrogens with zero attached hydrogens (tertiary/aromatic N) is 2. The maximum atomic E-state index is 14.0. The Labute approximate surface area is 241 Å². The maximum absolute atomic E-state index is 14.0. The molecule has 1 fully saturated rings. The number of anilines is 1. The molecule has 0 unspecified atom stereocenters. The third-order valence-corrected chi connectivity index (χ3v) is 8.71. The van der Waals surface area contributed by atoms with Crippen molar-refractivity contribution >= 4 is 64.1 Å². The molecule has 3 heterocycles. The van der Waals surface area contributed by atoms with E-state index in [0.29, 0.717) is 11.4 Å². The smallest absolute Gasteiger partial charge is 0.330 e. The van der Waals surface area contributed by atoms with Gasteiger partial charge in [-0.05, 0) is 66.0 Å². The van der Waals surface area contributed by atoms with E-state index in [1.165, 1.54) is 4.90 Å². The quantitative estimate of drug-likeness (QED) is 0.366. The zero-order chi connectivity index (χ0) is 27.9. The molecule has 2 aliphatic rings. The van der Waals surface area contributed by atoms with Gasteiger partial charge >= 0.3 is 5.38 Å². The Morgan fingerprint density at radius 3 is 2.46 bits per heavy atom. The summed E-state index contributed by atoms with van der Waals surface area (Å²) in [6.45, 7) is 1.95. The average Bonchev–Trinajstić information content (AvgIpc) is 3.19. The first kappa shape index (κ1) is 27.9. The number of carbonyl (C=O) groups is 2. The fraction of sp³-hybridized carbons (Fsp3) is 0.269. The number of aromatic amines is 1. The van der Waals surface area contributed by atoms with Crippen LogP contribution in [0.5, 0.6) is 0 Å². The van der Waals surface area contributed by atoms with Gasteiger partial charge in [-0.1, -0.05) is 47.1 Å². The molecule has 0 aliphatic carbocycles. The highest BCUT2D eigenvalue weighted by atomic mass is 35.5. The molecule has 2 amide bonds. The minimum atomic E-state index is -3.87. The van der Waals surface area contributed by atoms with Crippen molar-refractivity contribution in [3.63, 3.8) is 0 Å². The molecule has 3 aromatic rings. The van der Waals surface area contributed by atoms with Crippen LogP contribution in [0.25, 0.3) is 0 Å². The molecule has 1 saturated heterocycles. The molecule has 0 atom stereocenters. The van der Waals surface area contributed by atoms with Crippen LogP contribution in [0.3, 0.4) is 0 Å². The number of amides is 2. The molecule has 39 heavy (non-hydrogen) atoms. The summed E-state index contributed by atoms with van der Waals surface area (Å²) in [4.78, 5) is 44.7. The van der Waals surface area contributed by atoms with Gasteiger partial charge in [0.05, 0.1) is 16.6 Å². The van der Waals surface area contributed by atoms with Gasteiger partial charge < -0.3 is 20.1 Å². The molecular formula is C26H21Cl3F2N4O3S. The van der Waals surface area contributed by atoms with Gasteiger partial charge in [0, 0.05) is 35.1 Å². The second-order valence-corrected chi connectivity index (χ2v) is 11.4. The molecule has 13 heteroatoms. The van der Waals surface area contributed by atoms with E-state index in [9.17, 15) is 23.2 Å². The first-order valence-electron chi connectivity index (χ1n) is 11.9. The molecule has 5 rings (SSSR count). The van der Waals surface area contributed by atoms with E-state index in [2.05, 4.69) is 5.32 Å². The lowest BCUT2D eigenvalue weighted by atomic mass is 10.1. The first-order chi connectivity index (χ1) is 18.5. The minimum absolute atomic E-state index is 0.0407. The molecule has 0 radical (unpaired) electrons. The summed E-state index contributed by atoms with van der Waals surface area (Å²) in [6.07, 6.45) is 0.809. The summed E-state index contributed by atoms with van der Waals surface area (Å²) in [6, 6.07) is 11.2. The monoisotopic (exact) mass is 612 g/mol. The zero-order valence-electron chi connectivity index (χ0n) is 20.2. The van der Waals surface area contributed by atoms with Crippen LogP contribution < -0.4 is 15.8 Å². The topological polar surface area (TPSA) is 85.5 Å². The molecular weight excluding hydrogens is 593 g/mol. The number of halogens is 5. The molecule has 0 saturated carbocycles. The third-order valence-electron chi connectivity index (χ3n) is 6.47. The van der Waals surface area contributed by atoms with Crippen LogP contribution in [0.15, 0.2) is 57.1 Å². The van der Waals surface area contributed by atoms with Crippen LogP contribution in [0.1, 0.15) is 33.6 Å². The van der Waals surface area contributed by atoms with Gasteiger partial charge in [-0.3, -0.25) is 14.4 Å². The highest BCUT2D eigenvalue weighted by molar-refractivity contribution is 7.99. The van der Waals surface area contributed by atoms with E-state index in [1.54, 1.807) is 23.1 Å². The highest BCUT2D eigenvalue weighted by Crippen LogP contribution is 2.42. The number of pyridine rings is 1. The van der Waals surface area contributed by atoms with Crippen LogP contribution in [0.2, 0.25) is 10.0 Å². The number of alkyl halides is 3. The molecule has 204 valence electrons. The van der Waals surface area contributed by atoms with Gasteiger partial charge in [0.2, 0.25) is 5.91 Å². The first-order valence-corrected chi connectivity index (χ1v) is 13.9. The fourth-order valence-electron chi connectivity index (χ4n) is 4.56. The summed E-state index contributed by atoms with van der Waals surface area (Å²) in [5.41, 5.74) is 0.214. The second-order valence-electron chi connectivity index (χ2n) is 9.09. The molecule has 2 aromatic carbocycles. The Bertz CT molecular complexity index is 1510. The van der Waals surface area contributed by atoms with Gasteiger partial charge in [0.25, 0.3) is 11.5 Å². The summed E-state index contributed by atoms with van der Waals surface area (Å²) >= 11 is 18.6. The Hall–Kier alpha value is -2.63. The minimum Gasteiger partial charge on any atom is -0.330 e. The lowest BCUT2D eigenvalue weighted by Gasteiger charge is -2.21. The van der Waals surface area contributed by atoms with E-state index in [-0.39, 0.29) is 46.0 Å². The standard InChI is InChI=1S/C26H21Cl3F2N4O3S/c27-17-3-1-4-18(28)23(17)39-19-10-20(26(29,30)31)33-24(37)22(19)25(38)34-12-14-5-6-16(9-15(14)13-34)35-8-2-7-32-11-21(35)36/h1,3-6,9-10,32H,2,7-8,11-13H2,(H,33,37). The second kappa shape index (κ2) is 11.1. The number of hydrogen-bond donors (Lipinski definition) is 2. The van der Waals surface area contributed by atoms with Crippen molar-refractivity contribution < 1.29 is 18.4 Å². The largest absolute Gasteiger partial charge is 0.362 e. The number of hydrogen-bond acceptors (Lipinski definition) is 5. The normalized spacial score (nSPS) is 15.9. The molecule has 7 nitrogen and oxygen atoms in total. The van der Waals surface area contributed by atoms with E-state index in [0.717, 1.165) is 47.6 Å². The predicted octanol–water partition coefficient (Wildman–Crippen LogP) is 5.60. The van der Waals surface area contributed by atoms with Crippen molar-refractivity contribution in [2.75, 3.05) is 24.5 Å². The summed E-state index contributed by atoms with van der Waals surface area (Å²) in [7, 11) is 0. The van der Waals surface area contributed by atoms with Gasteiger partial charge in [0.15, 0.2) is 0 Å². The summed E-state index contributed by atoms with van der Waals surface area (Å²) in [5.74, 6) is -0.694. The van der Waals surface area contributed by atoms with Crippen molar-refractivity contribution in [3.05, 3.63) is 85.2 Å². The lowest BCUT2D eigenvalue weighted by molar-refractivity contribution is -0.117. The van der Waals surface area contributed by atoms with Crippen molar-refractivity contribution in [1.29, 1.82) is 0 Å². The van der Waals surface area contributed by atoms with E-state index in [1.807, 2.05) is 23.2 Å². The fourth-order valence-corrected chi connectivity index (χ4v) is 6.30. The average molecular weight is 614 g/mol. The summed E-state index contributed by atoms with van der Waals surface area (Å²) in [5, 5.41) is -0.334. The number of H-pyrrole nitrogens is 1. The molecule has 1 aromatic heterocycles. The Morgan fingerprint density at radius 2 is 1.74 bits per heavy atom. The van der Waals surface area contributed by atoms with E-state index in [4.69, 9.17) is 34.8 Å². The number of fused-ring (bicyclic) bond motifs is 1. The van der Waals surface area contributed by atoms with Crippen molar-refractivity contribution in [2.45, 2.75) is 34.7 Å². The highest BCUT2D eigenvalue weighted by Gasteiger charge is 2.34. The molecule has 0 spiro atoms. The van der Waals surface area contributed by atoms with Crippen LogP contribution in [0.4, 0.5) is 14.5 Å². The van der Waals surface area contributed by atoms with Gasteiger partial charge in [-0.25, -0.2) is 0 Å². The molecule has 2 aliphatic heterocycles. The third kappa shape index (κ3) is 5.81.